The molecule has 0 radical (unpaired) electrons. The third kappa shape index (κ3) is 5.95. The summed E-state index contributed by atoms with van der Waals surface area (Å²) >= 11 is 6.75. The van der Waals surface area contributed by atoms with E-state index in [1.165, 1.54) is 33.9 Å². The fourth-order valence-electron chi connectivity index (χ4n) is 4.12. The van der Waals surface area contributed by atoms with E-state index in [0.29, 0.717) is 5.02 Å². The predicted molar refractivity (Wildman–Crippen MR) is 146 cm³/mol. The summed E-state index contributed by atoms with van der Waals surface area (Å²) < 4.78 is 5.37. The Morgan fingerprint density at radius 3 is 2.29 bits per heavy atom. The molecule has 0 aliphatic carbocycles. The van der Waals surface area contributed by atoms with Crippen LogP contribution in [0.3, 0.4) is 0 Å². The zero-order valence-corrected chi connectivity index (χ0v) is 21.0. The number of ether oxygens (including phenoxy) is 1. The third-order valence-corrected chi connectivity index (χ3v) is 6.26. The van der Waals surface area contributed by atoms with Gasteiger partial charge in [0, 0.05) is 0 Å². The first-order valence-corrected chi connectivity index (χ1v) is 12.0. The molecule has 0 aliphatic rings. The molecule has 3 aromatic carbocycles. The fourth-order valence-corrected chi connectivity index (χ4v) is 4.41. The molecule has 0 saturated heterocycles. The van der Waals surface area contributed by atoms with Gasteiger partial charge in [-0.1, -0.05) is 86.1 Å². The molecule has 3 aromatic rings. The molecule has 0 aromatic heterocycles. The second kappa shape index (κ2) is 12.2. The van der Waals surface area contributed by atoms with Crippen LogP contribution in [0.15, 0.2) is 78.4 Å². The normalized spacial score (nSPS) is 12.6. The van der Waals surface area contributed by atoms with E-state index < -0.39 is 0 Å². The minimum Gasteiger partial charge on any atom is -0.497 e. The number of halogens is 1. The van der Waals surface area contributed by atoms with Crippen molar-refractivity contribution in [2.75, 3.05) is 7.11 Å². The van der Waals surface area contributed by atoms with E-state index >= 15 is 0 Å². The minimum absolute atomic E-state index is 0.672. The van der Waals surface area contributed by atoms with Gasteiger partial charge < -0.3 is 4.74 Å². The summed E-state index contributed by atoms with van der Waals surface area (Å²) in [5, 5.41) is 0.672. The molecule has 0 unspecified atom stereocenters. The molecule has 0 aliphatic heterocycles. The van der Waals surface area contributed by atoms with Crippen molar-refractivity contribution < 1.29 is 9.53 Å². The molecule has 0 amide bonds. The Hall–Kier alpha value is -3.36. The Bertz CT molecular complexity index is 1230. The largest absolute Gasteiger partial charge is 0.497 e. The monoisotopic (exact) mass is 470 g/mol. The van der Waals surface area contributed by atoms with Crippen molar-refractivity contribution in [1.29, 1.82) is 0 Å². The predicted octanol–water partition coefficient (Wildman–Crippen LogP) is 8.68. The number of benzene rings is 3. The van der Waals surface area contributed by atoms with Crippen LogP contribution >= 0.6 is 11.6 Å². The first-order chi connectivity index (χ1) is 16.5. The molecular formula is C31H31ClO2. The van der Waals surface area contributed by atoms with Crippen LogP contribution in [-0.2, 0) is 4.79 Å². The highest BCUT2D eigenvalue weighted by molar-refractivity contribution is 6.33. The highest BCUT2D eigenvalue weighted by atomic mass is 35.5. The molecule has 0 spiro atoms. The van der Waals surface area contributed by atoms with Gasteiger partial charge in [-0.05, 0) is 88.6 Å². The quantitative estimate of drug-likeness (QED) is 0.135. The summed E-state index contributed by atoms with van der Waals surface area (Å²) in [6, 6.07) is 22.6. The topological polar surface area (TPSA) is 26.3 Å². The van der Waals surface area contributed by atoms with Crippen molar-refractivity contribution in [1.82, 2.24) is 0 Å². The molecule has 2 nitrogen and oxygen atoms in total. The number of hydrogen-bond acceptors (Lipinski definition) is 2. The zero-order valence-electron chi connectivity index (χ0n) is 20.3. The van der Waals surface area contributed by atoms with Gasteiger partial charge >= 0.3 is 0 Å². The molecule has 0 heterocycles. The van der Waals surface area contributed by atoms with Crippen molar-refractivity contribution in [3.05, 3.63) is 111 Å². The lowest BCUT2D eigenvalue weighted by atomic mass is 9.85. The summed E-state index contributed by atoms with van der Waals surface area (Å²) in [4.78, 5) is 10.7. The average Bonchev–Trinajstić information content (AvgIpc) is 2.86. The Labute approximate surface area is 208 Å². The molecule has 3 rings (SSSR count). The van der Waals surface area contributed by atoms with E-state index in [4.69, 9.17) is 16.3 Å². The Morgan fingerprint density at radius 2 is 1.71 bits per heavy atom. The smallest absolute Gasteiger partial charge is 0.142 e. The molecule has 0 bridgehead atoms. The van der Waals surface area contributed by atoms with Crippen LogP contribution in [0.5, 0.6) is 5.75 Å². The average molecular weight is 471 g/mol. The number of allylic oxidation sites excluding steroid dienone is 4. The van der Waals surface area contributed by atoms with E-state index in [-0.39, 0.29) is 0 Å². The van der Waals surface area contributed by atoms with E-state index in [0.717, 1.165) is 41.6 Å². The molecule has 0 fully saturated rings. The van der Waals surface area contributed by atoms with E-state index in [9.17, 15) is 4.79 Å². The van der Waals surface area contributed by atoms with Gasteiger partial charge in [0.25, 0.3) is 0 Å². The zero-order chi connectivity index (χ0) is 24.5. The van der Waals surface area contributed by atoms with Crippen molar-refractivity contribution in [2.24, 2.45) is 0 Å². The highest BCUT2D eigenvalue weighted by Crippen LogP contribution is 2.40. The van der Waals surface area contributed by atoms with Crippen molar-refractivity contribution >= 4 is 41.2 Å². The Kier molecular flexibility index (Phi) is 9.07. The summed E-state index contributed by atoms with van der Waals surface area (Å²) in [6.07, 6.45) is 8.09. The number of hydrogen-bond donors (Lipinski definition) is 0. The summed E-state index contributed by atoms with van der Waals surface area (Å²) in [5.41, 5.74) is 9.17. The minimum atomic E-state index is 0.672. The molecular weight excluding hydrogens is 440 g/mol. The number of rotatable bonds is 9. The van der Waals surface area contributed by atoms with E-state index in [1.54, 1.807) is 7.11 Å². The number of methoxy groups -OCH3 is 1. The van der Waals surface area contributed by atoms with Gasteiger partial charge in [-0.25, -0.2) is 0 Å². The second-order valence-corrected chi connectivity index (χ2v) is 8.46. The maximum absolute atomic E-state index is 10.7. The first kappa shape index (κ1) is 25.3. The summed E-state index contributed by atoms with van der Waals surface area (Å²) in [7, 11) is 1.65. The molecule has 0 atom stereocenters. The first-order valence-electron chi connectivity index (χ1n) is 11.6. The maximum Gasteiger partial charge on any atom is 0.142 e. The highest BCUT2D eigenvalue weighted by Gasteiger charge is 2.17. The number of carbonyl (C=O) groups is 1. The second-order valence-electron chi connectivity index (χ2n) is 8.05. The lowest BCUT2D eigenvalue weighted by molar-refractivity contribution is -0.104. The van der Waals surface area contributed by atoms with Crippen molar-refractivity contribution in [2.45, 2.75) is 33.6 Å². The van der Waals surface area contributed by atoms with Gasteiger partial charge in [-0.2, -0.15) is 0 Å². The van der Waals surface area contributed by atoms with Crippen LogP contribution in [0.4, 0.5) is 0 Å². The van der Waals surface area contributed by atoms with Crippen molar-refractivity contribution in [3.8, 4) is 5.75 Å². The number of aryl methyl sites for hydroxylation is 1. The van der Waals surface area contributed by atoms with Gasteiger partial charge in [0.05, 0.1) is 12.1 Å². The van der Waals surface area contributed by atoms with Gasteiger partial charge in [-0.15, -0.1) is 0 Å². The molecule has 34 heavy (non-hydrogen) atoms. The maximum atomic E-state index is 10.7. The van der Waals surface area contributed by atoms with Gasteiger partial charge in [-0.3, -0.25) is 4.79 Å². The van der Waals surface area contributed by atoms with Gasteiger partial charge in [0.2, 0.25) is 0 Å². The molecule has 0 saturated carbocycles. The van der Waals surface area contributed by atoms with Crippen LogP contribution in [0.25, 0.3) is 23.3 Å². The summed E-state index contributed by atoms with van der Waals surface area (Å²) in [6.45, 7) is 6.49. The van der Waals surface area contributed by atoms with Gasteiger partial charge in [0.1, 0.15) is 12.0 Å². The van der Waals surface area contributed by atoms with E-state index in [2.05, 4.69) is 63.2 Å². The van der Waals surface area contributed by atoms with Gasteiger partial charge in [0.15, 0.2) is 0 Å². The van der Waals surface area contributed by atoms with Crippen LogP contribution in [-0.4, -0.2) is 13.4 Å². The van der Waals surface area contributed by atoms with Crippen LogP contribution in [0.1, 0.15) is 54.5 Å². The SMILES string of the molecule is CC/C(=C(\C(=C\c1ccccc1C)CC)c1ccc(/C=C/C=O)cc1)c1ccc(OC)cc1Cl. The Balaban J connectivity index is 2.29. The Morgan fingerprint density at radius 1 is 0.971 bits per heavy atom. The van der Waals surface area contributed by atoms with Crippen LogP contribution in [0, 0.1) is 6.92 Å². The lowest BCUT2D eigenvalue weighted by Crippen LogP contribution is -1.98. The van der Waals surface area contributed by atoms with E-state index in [1.807, 2.05) is 36.4 Å². The number of carbonyl (C=O) groups excluding carboxylic acids is 1. The van der Waals surface area contributed by atoms with Crippen LogP contribution in [0.2, 0.25) is 5.02 Å². The molecule has 0 N–H and O–H groups in total. The summed E-state index contributed by atoms with van der Waals surface area (Å²) in [5.74, 6) is 0.739. The standard InChI is InChI=1S/C31H31ClO2/c1-5-24(20-26-12-8-7-10-22(26)3)31(25-15-13-23(14-16-25)11-9-19-33)28(6-2)29-18-17-27(34-4)21-30(29)32/h7-21H,5-6H2,1-4H3/b11-9+,24-20+,31-28-. The van der Waals surface area contributed by atoms with Crippen molar-refractivity contribution in [3.63, 3.8) is 0 Å². The van der Waals surface area contributed by atoms with Crippen LogP contribution < -0.4 is 4.74 Å². The third-order valence-electron chi connectivity index (χ3n) is 5.94. The number of aldehydes is 1. The molecule has 3 heteroatoms. The lowest BCUT2D eigenvalue weighted by Gasteiger charge is -2.20. The fraction of sp³-hybridized carbons (Fsp3) is 0.194. The molecule has 174 valence electrons.